The summed E-state index contributed by atoms with van der Waals surface area (Å²) in [5.41, 5.74) is 2.18. The average molecular weight is 316 g/mol. The highest BCUT2D eigenvalue weighted by Crippen LogP contribution is 2.08. The van der Waals surface area contributed by atoms with E-state index in [9.17, 15) is 9.59 Å². The highest BCUT2D eigenvalue weighted by molar-refractivity contribution is 7.08. The maximum atomic E-state index is 12.1. The average Bonchev–Trinajstić information content (AvgIpc) is 3.07. The Kier molecular flexibility index (Phi) is 5.72. The SMILES string of the molecule is CC[C@@H](C)NC(=O)c1cccc(CNC(=O)c2ccsc2)c1. The van der Waals surface area contributed by atoms with E-state index in [2.05, 4.69) is 10.6 Å². The van der Waals surface area contributed by atoms with Crippen LogP contribution in [0.1, 0.15) is 46.5 Å². The molecule has 1 aromatic heterocycles. The van der Waals surface area contributed by atoms with Crippen molar-refractivity contribution in [3.8, 4) is 0 Å². The molecule has 0 aliphatic heterocycles. The molecule has 4 nitrogen and oxygen atoms in total. The topological polar surface area (TPSA) is 58.2 Å². The molecule has 0 saturated carbocycles. The fourth-order valence-electron chi connectivity index (χ4n) is 1.91. The molecule has 2 amide bonds. The molecule has 1 aromatic carbocycles. The van der Waals surface area contributed by atoms with Crippen LogP contribution in [0.25, 0.3) is 0 Å². The Morgan fingerprint density at radius 1 is 1.18 bits per heavy atom. The summed E-state index contributed by atoms with van der Waals surface area (Å²) < 4.78 is 0. The monoisotopic (exact) mass is 316 g/mol. The molecule has 0 aliphatic carbocycles. The van der Waals surface area contributed by atoms with E-state index in [4.69, 9.17) is 0 Å². The first-order chi connectivity index (χ1) is 10.6. The molecular weight excluding hydrogens is 296 g/mol. The molecule has 2 aromatic rings. The molecule has 116 valence electrons. The largest absolute Gasteiger partial charge is 0.350 e. The van der Waals surface area contributed by atoms with Gasteiger partial charge < -0.3 is 10.6 Å². The van der Waals surface area contributed by atoms with E-state index >= 15 is 0 Å². The molecular formula is C17H20N2O2S. The van der Waals surface area contributed by atoms with Gasteiger partial charge in [-0.15, -0.1) is 0 Å². The summed E-state index contributed by atoms with van der Waals surface area (Å²) in [4.78, 5) is 24.0. The van der Waals surface area contributed by atoms with Gasteiger partial charge in [0.05, 0.1) is 0 Å². The number of amides is 2. The van der Waals surface area contributed by atoms with Crippen LogP contribution in [-0.2, 0) is 6.54 Å². The molecule has 0 bridgehead atoms. The zero-order chi connectivity index (χ0) is 15.9. The van der Waals surface area contributed by atoms with Crippen LogP contribution >= 0.6 is 11.3 Å². The lowest BCUT2D eigenvalue weighted by Gasteiger charge is -2.12. The van der Waals surface area contributed by atoms with E-state index < -0.39 is 0 Å². The molecule has 5 heteroatoms. The molecule has 0 spiro atoms. The Labute approximate surface area is 134 Å². The van der Waals surface area contributed by atoms with Crippen LogP contribution in [0.4, 0.5) is 0 Å². The zero-order valence-electron chi connectivity index (χ0n) is 12.8. The maximum Gasteiger partial charge on any atom is 0.252 e. The van der Waals surface area contributed by atoms with Crippen molar-refractivity contribution in [3.05, 3.63) is 57.8 Å². The summed E-state index contributed by atoms with van der Waals surface area (Å²) in [6, 6.07) is 9.25. The van der Waals surface area contributed by atoms with Crippen LogP contribution in [-0.4, -0.2) is 17.9 Å². The molecule has 0 unspecified atom stereocenters. The van der Waals surface area contributed by atoms with Crippen LogP contribution in [0, 0.1) is 0 Å². The predicted molar refractivity (Wildman–Crippen MR) is 89.2 cm³/mol. The molecule has 0 fully saturated rings. The zero-order valence-corrected chi connectivity index (χ0v) is 13.6. The van der Waals surface area contributed by atoms with E-state index in [0.717, 1.165) is 12.0 Å². The van der Waals surface area contributed by atoms with Gasteiger partial charge in [-0.1, -0.05) is 19.1 Å². The maximum absolute atomic E-state index is 12.1. The second-order valence-corrected chi connectivity index (χ2v) is 5.96. The minimum atomic E-state index is -0.101. The van der Waals surface area contributed by atoms with Gasteiger partial charge in [0.25, 0.3) is 11.8 Å². The number of rotatable bonds is 6. The summed E-state index contributed by atoms with van der Waals surface area (Å²) in [6.07, 6.45) is 0.891. The summed E-state index contributed by atoms with van der Waals surface area (Å²) in [5, 5.41) is 9.47. The lowest BCUT2D eigenvalue weighted by Crippen LogP contribution is -2.32. The van der Waals surface area contributed by atoms with E-state index in [0.29, 0.717) is 17.7 Å². The molecule has 0 radical (unpaired) electrons. The van der Waals surface area contributed by atoms with Gasteiger partial charge in [-0.25, -0.2) is 0 Å². The van der Waals surface area contributed by atoms with Crippen molar-refractivity contribution in [2.75, 3.05) is 0 Å². The lowest BCUT2D eigenvalue weighted by molar-refractivity contribution is 0.0936. The van der Waals surface area contributed by atoms with Crippen molar-refractivity contribution in [3.63, 3.8) is 0 Å². The van der Waals surface area contributed by atoms with Crippen LogP contribution in [0.15, 0.2) is 41.1 Å². The van der Waals surface area contributed by atoms with Crippen molar-refractivity contribution >= 4 is 23.2 Å². The molecule has 1 atom stereocenters. The van der Waals surface area contributed by atoms with Gasteiger partial charge in [-0.2, -0.15) is 11.3 Å². The Morgan fingerprint density at radius 2 is 2.00 bits per heavy atom. The molecule has 1 heterocycles. The van der Waals surface area contributed by atoms with Gasteiger partial charge in [0.2, 0.25) is 0 Å². The normalized spacial score (nSPS) is 11.7. The number of benzene rings is 1. The smallest absolute Gasteiger partial charge is 0.252 e. The van der Waals surface area contributed by atoms with E-state index in [1.54, 1.807) is 12.1 Å². The second-order valence-electron chi connectivity index (χ2n) is 5.18. The Hall–Kier alpha value is -2.14. The van der Waals surface area contributed by atoms with Crippen LogP contribution < -0.4 is 10.6 Å². The fourth-order valence-corrected chi connectivity index (χ4v) is 2.55. The van der Waals surface area contributed by atoms with Crippen molar-refractivity contribution in [1.29, 1.82) is 0 Å². The molecule has 0 aliphatic rings. The van der Waals surface area contributed by atoms with E-state index in [1.807, 2.05) is 42.8 Å². The summed E-state index contributed by atoms with van der Waals surface area (Å²) in [6.45, 7) is 4.41. The van der Waals surface area contributed by atoms with Crippen molar-refractivity contribution in [2.24, 2.45) is 0 Å². The summed E-state index contributed by atoms with van der Waals surface area (Å²) in [5.74, 6) is -0.184. The molecule has 22 heavy (non-hydrogen) atoms. The second kappa shape index (κ2) is 7.75. The third-order valence-electron chi connectivity index (χ3n) is 3.42. The highest BCUT2D eigenvalue weighted by Gasteiger charge is 2.10. The summed E-state index contributed by atoms with van der Waals surface area (Å²) >= 11 is 1.49. The molecule has 0 saturated heterocycles. The van der Waals surface area contributed by atoms with Crippen molar-refractivity contribution in [1.82, 2.24) is 10.6 Å². The Bertz CT molecular complexity index is 638. The summed E-state index contributed by atoms with van der Waals surface area (Å²) in [7, 11) is 0. The van der Waals surface area contributed by atoms with Gasteiger partial charge in [0.15, 0.2) is 0 Å². The Balaban J connectivity index is 1.96. The van der Waals surface area contributed by atoms with Crippen LogP contribution in [0.2, 0.25) is 0 Å². The molecule has 2 N–H and O–H groups in total. The standard InChI is InChI=1S/C17H20N2O2S/c1-3-12(2)19-17(21)14-6-4-5-13(9-14)10-18-16(20)15-7-8-22-11-15/h4-9,11-12H,3,10H2,1-2H3,(H,18,20)(H,19,21)/t12-/m1/s1. The third-order valence-corrected chi connectivity index (χ3v) is 4.10. The molecule has 2 rings (SSSR count). The van der Waals surface area contributed by atoms with E-state index in [-0.39, 0.29) is 17.9 Å². The first-order valence-corrected chi connectivity index (χ1v) is 8.24. The van der Waals surface area contributed by atoms with Gasteiger partial charge in [0.1, 0.15) is 0 Å². The number of hydrogen-bond donors (Lipinski definition) is 2. The predicted octanol–water partition coefficient (Wildman–Crippen LogP) is 3.21. The minimum absolute atomic E-state index is 0.0830. The number of hydrogen-bond acceptors (Lipinski definition) is 3. The third kappa shape index (κ3) is 4.43. The van der Waals surface area contributed by atoms with Gasteiger partial charge >= 0.3 is 0 Å². The number of carbonyl (C=O) groups excluding carboxylic acids is 2. The quantitative estimate of drug-likeness (QED) is 0.860. The van der Waals surface area contributed by atoms with Gasteiger partial charge in [-0.05, 0) is 42.5 Å². The lowest BCUT2D eigenvalue weighted by atomic mass is 10.1. The number of carbonyl (C=O) groups is 2. The van der Waals surface area contributed by atoms with E-state index in [1.165, 1.54) is 11.3 Å². The van der Waals surface area contributed by atoms with Crippen molar-refractivity contribution < 1.29 is 9.59 Å². The number of nitrogens with one attached hydrogen (secondary N) is 2. The van der Waals surface area contributed by atoms with Crippen LogP contribution in [0.5, 0.6) is 0 Å². The fraction of sp³-hybridized carbons (Fsp3) is 0.294. The van der Waals surface area contributed by atoms with Crippen molar-refractivity contribution in [2.45, 2.75) is 32.9 Å². The Morgan fingerprint density at radius 3 is 2.68 bits per heavy atom. The first kappa shape index (κ1) is 16.2. The first-order valence-electron chi connectivity index (χ1n) is 7.30. The minimum Gasteiger partial charge on any atom is -0.350 e. The van der Waals surface area contributed by atoms with Gasteiger partial charge in [-0.3, -0.25) is 9.59 Å². The van der Waals surface area contributed by atoms with Crippen LogP contribution in [0.3, 0.4) is 0 Å². The number of thiophene rings is 1. The highest BCUT2D eigenvalue weighted by atomic mass is 32.1. The van der Waals surface area contributed by atoms with Gasteiger partial charge in [0, 0.05) is 29.1 Å².